The molecule has 0 unspecified atom stereocenters. The van der Waals surface area contributed by atoms with Gasteiger partial charge in [0.15, 0.2) is 11.5 Å². The number of nitrogens with zero attached hydrogens (tertiary/aromatic N) is 2. The molecule has 23 heavy (non-hydrogen) atoms. The molecule has 5 nitrogen and oxygen atoms in total. The first-order valence-electron chi connectivity index (χ1n) is 7.52. The van der Waals surface area contributed by atoms with E-state index in [1.165, 1.54) is 0 Å². The summed E-state index contributed by atoms with van der Waals surface area (Å²) in [4.78, 5) is 14.1. The first-order chi connectivity index (χ1) is 11.1. The second-order valence-corrected chi connectivity index (χ2v) is 6.30. The molecule has 1 aliphatic heterocycles. The Balaban J connectivity index is 2.35. The molecule has 0 saturated carbocycles. The largest absolute Gasteiger partial charge is 0.492 e. The highest BCUT2D eigenvalue weighted by molar-refractivity contribution is 14.1. The van der Waals surface area contributed by atoms with Gasteiger partial charge in [0.05, 0.1) is 17.3 Å². The van der Waals surface area contributed by atoms with Crippen LogP contribution in [0.3, 0.4) is 0 Å². The van der Waals surface area contributed by atoms with Gasteiger partial charge >= 0.3 is 0 Å². The Bertz CT molecular complexity index is 659. The summed E-state index contributed by atoms with van der Waals surface area (Å²) < 4.78 is 11.8. The fourth-order valence-corrected chi connectivity index (χ4v) is 3.38. The maximum Gasteiger partial charge on any atom is 0.264 e. The quantitative estimate of drug-likeness (QED) is 0.412. The van der Waals surface area contributed by atoms with E-state index in [0.29, 0.717) is 18.1 Å². The number of benzene rings is 1. The molecular weight excluding hydrogens is 407 g/mol. The van der Waals surface area contributed by atoms with Crippen molar-refractivity contribution in [3.8, 4) is 17.6 Å². The molecule has 6 heteroatoms. The van der Waals surface area contributed by atoms with E-state index < -0.39 is 0 Å². The molecule has 1 amide bonds. The molecule has 0 bridgehead atoms. The highest BCUT2D eigenvalue weighted by atomic mass is 127. The lowest BCUT2D eigenvalue weighted by molar-refractivity contribution is -0.125. The van der Waals surface area contributed by atoms with Crippen molar-refractivity contribution < 1.29 is 14.3 Å². The zero-order valence-electron chi connectivity index (χ0n) is 13.3. The number of carbonyl (C=O) groups is 1. The average molecular weight is 426 g/mol. The molecule has 122 valence electrons. The van der Waals surface area contributed by atoms with Crippen LogP contribution < -0.4 is 9.47 Å². The van der Waals surface area contributed by atoms with Crippen LogP contribution in [-0.4, -0.2) is 37.6 Å². The molecule has 0 N–H and O–H groups in total. The molecule has 1 aromatic carbocycles. The van der Waals surface area contributed by atoms with Crippen molar-refractivity contribution in [1.82, 2.24) is 4.90 Å². The number of halogens is 1. The Morgan fingerprint density at radius 2 is 2.13 bits per heavy atom. The standard InChI is InChI=1S/C17H19IN2O3/c1-3-23-15-10-12(9-14(18)16(15)22-2)8-13(11-19)17(21)20-6-4-5-7-20/h8-10H,3-7H2,1-2H3/b13-8+. The van der Waals surface area contributed by atoms with Crippen LogP contribution in [0.5, 0.6) is 11.5 Å². The molecule has 1 fully saturated rings. The molecule has 1 aromatic rings. The van der Waals surface area contributed by atoms with Crippen molar-refractivity contribution in [3.05, 3.63) is 26.8 Å². The van der Waals surface area contributed by atoms with Crippen LogP contribution in [0.25, 0.3) is 6.08 Å². The minimum absolute atomic E-state index is 0.148. The third kappa shape index (κ3) is 4.16. The van der Waals surface area contributed by atoms with Crippen molar-refractivity contribution in [1.29, 1.82) is 5.26 Å². The lowest BCUT2D eigenvalue weighted by Crippen LogP contribution is -2.28. The molecule has 0 aromatic heterocycles. The van der Waals surface area contributed by atoms with Gasteiger partial charge in [-0.1, -0.05) is 0 Å². The number of rotatable bonds is 5. The van der Waals surface area contributed by atoms with Crippen molar-refractivity contribution in [3.63, 3.8) is 0 Å². The van der Waals surface area contributed by atoms with E-state index in [4.69, 9.17) is 9.47 Å². The zero-order chi connectivity index (χ0) is 16.8. The highest BCUT2D eigenvalue weighted by Gasteiger charge is 2.21. The maximum absolute atomic E-state index is 12.4. The minimum atomic E-state index is -0.200. The Labute approximate surface area is 150 Å². The van der Waals surface area contributed by atoms with Gasteiger partial charge in [-0.2, -0.15) is 5.26 Å². The Kier molecular flexibility index (Phi) is 6.28. The summed E-state index contributed by atoms with van der Waals surface area (Å²) in [5, 5.41) is 9.34. The topological polar surface area (TPSA) is 62.6 Å². The van der Waals surface area contributed by atoms with Gasteiger partial charge in [-0.05, 0) is 66.1 Å². The van der Waals surface area contributed by atoms with Gasteiger partial charge in [0.25, 0.3) is 5.91 Å². The van der Waals surface area contributed by atoms with Gasteiger partial charge in [0, 0.05) is 13.1 Å². The van der Waals surface area contributed by atoms with E-state index >= 15 is 0 Å². The van der Waals surface area contributed by atoms with Crippen LogP contribution in [0.4, 0.5) is 0 Å². The Hall–Kier alpha value is -1.75. The van der Waals surface area contributed by atoms with Crippen LogP contribution in [0.2, 0.25) is 0 Å². The third-order valence-electron chi connectivity index (χ3n) is 3.59. The summed E-state index contributed by atoms with van der Waals surface area (Å²) in [6.45, 7) is 3.86. The fraction of sp³-hybridized carbons (Fsp3) is 0.412. The van der Waals surface area contributed by atoms with Crippen LogP contribution in [-0.2, 0) is 4.79 Å². The summed E-state index contributed by atoms with van der Waals surface area (Å²) >= 11 is 2.15. The number of ether oxygens (including phenoxy) is 2. The molecule has 0 atom stereocenters. The van der Waals surface area contributed by atoms with E-state index in [-0.39, 0.29) is 11.5 Å². The Morgan fingerprint density at radius 3 is 2.70 bits per heavy atom. The highest BCUT2D eigenvalue weighted by Crippen LogP contribution is 2.34. The van der Waals surface area contributed by atoms with Crippen LogP contribution in [0.15, 0.2) is 17.7 Å². The molecule has 0 radical (unpaired) electrons. The van der Waals surface area contributed by atoms with Gasteiger partial charge in [-0.15, -0.1) is 0 Å². The lowest BCUT2D eigenvalue weighted by atomic mass is 10.1. The number of carbonyl (C=O) groups excluding carboxylic acids is 1. The normalized spacial score (nSPS) is 14.5. The first-order valence-corrected chi connectivity index (χ1v) is 8.60. The van der Waals surface area contributed by atoms with Crippen molar-refractivity contribution in [2.24, 2.45) is 0 Å². The molecule has 2 rings (SSSR count). The summed E-state index contributed by atoms with van der Waals surface area (Å²) in [6.07, 6.45) is 3.61. The number of hydrogen-bond donors (Lipinski definition) is 0. The monoisotopic (exact) mass is 426 g/mol. The molecule has 1 saturated heterocycles. The number of hydrogen-bond acceptors (Lipinski definition) is 4. The van der Waals surface area contributed by atoms with E-state index in [2.05, 4.69) is 22.6 Å². The van der Waals surface area contributed by atoms with Crippen molar-refractivity contribution in [2.45, 2.75) is 19.8 Å². The van der Waals surface area contributed by atoms with E-state index in [1.807, 2.05) is 19.1 Å². The smallest absolute Gasteiger partial charge is 0.264 e. The van der Waals surface area contributed by atoms with Gasteiger partial charge in [0.2, 0.25) is 0 Å². The van der Waals surface area contributed by atoms with Crippen molar-refractivity contribution in [2.75, 3.05) is 26.8 Å². The first kappa shape index (κ1) is 17.6. The van der Waals surface area contributed by atoms with Gasteiger partial charge in [-0.3, -0.25) is 4.79 Å². The predicted octanol–water partition coefficient (Wildman–Crippen LogP) is 3.23. The number of likely N-dealkylation sites (tertiary alicyclic amines) is 1. The number of nitriles is 1. The zero-order valence-corrected chi connectivity index (χ0v) is 15.4. The average Bonchev–Trinajstić information content (AvgIpc) is 3.06. The molecule has 0 aliphatic carbocycles. The van der Waals surface area contributed by atoms with Crippen LogP contribution >= 0.6 is 22.6 Å². The van der Waals surface area contributed by atoms with E-state index in [0.717, 1.165) is 35.1 Å². The second-order valence-electron chi connectivity index (χ2n) is 5.14. The molecule has 1 heterocycles. The summed E-state index contributed by atoms with van der Waals surface area (Å²) in [7, 11) is 1.59. The number of amides is 1. The second kappa shape index (κ2) is 8.20. The third-order valence-corrected chi connectivity index (χ3v) is 4.39. The summed E-state index contributed by atoms with van der Waals surface area (Å²) in [5.74, 6) is 1.07. The Morgan fingerprint density at radius 1 is 1.43 bits per heavy atom. The van der Waals surface area contributed by atoms with Crippen molar-refractivity contribution >= 4 is 34.6 Å². The van der Waals surface area contributed by atoms with Gasteiger partial charge < -0.3 is 14.4 Å². The summed E-state index contributed by atoms with van der Waals surface area (Å²) in [6, 6.07) is 5.68. The lowest BCUT2D eigenvalue weighted by Gasteiger charge is -2.15. The van der Waals surface area contributed by atoms with Gasteiger partial charge in [-0.25, -0.2) is 0 Å². The van der Waals surface area contributed by atoms with Crippen LogP contribution in [0, 0.1) is 14.9 Å². The summed E-state index contributed by atoms with van der Waals surface area (Å²) in [5.41, 5.74) is 0.901. The molecule has 1 aliphatic rings. The maximum atomic E-state index is 12.4. The minimum Gasteiger partial charge on any atom is -0.492 e. The predicted molar refractivity (Wildman–Crippen MR) is 96.3 cm³/mol. The van der Waals surface area contributed by atoms with E-state index in [1.54, 1.807) is 24.2 Å². The molecule has 0 spiro atoms. The van der Waals surface area contributed by atoms with Gasteiger partial charge in [0.1, 0.15) is 11.6 Å². The van der Waals surface area contributed by atoms with Crippen LogP contribution in [0.1, 0.15) is 25.3 Å². The SMILES string of the molecule is CCOc1cc(/C=C(\C#N)C(=O)N2CCCC2)cc(I)c1OC. The molecular formula is C17H19IN2O3. The fourth-order valence-electron chi connectivity index (χ4n) is 2.53. The number of methoxy groups -OCH3 is 1. The van der Waals surface area contributed by atoms with E-state index in [9.17, 15) is 10.1 Å².